The highest BCUT2D eigenvalue weighted by atomic mass is 16.5. The van der Waals surface area contributed by atoms with Gasteiger partial charge in [0, 0.05) is 25.5 Å². The normalized spacial score (nSPS) is 9.59. The number of carbonyl (C=O) groups excluding carboxylic acids is 3. The molecule has 4 amide bonds. The van der Waals surface area contributed by atoms with Crippen LogP contribution in [0, 0.1) is 0 Å². The number of hydrogen-bond acceptors (Lipinski definition) is 4. The molecule has 0 atom stereocenters. The number of nitrogens with one attached hydrogen (secondary N) is 3. The van der Waals surface area contributed by atoms with Crippen molar-refractivity contribution in [2.75, 3.05) is 37.9 Å². The van der Waals surface area contributed by atoms with E-state index in [-0.39, 0.29) is 19.1 Å². The molecule has 0 saturated carbocycles. The average molecular weight is 308 g/mol. The maximum atomic E-state index is 11.6. The standard InChI is InChI=1S/C14H20N4O4/c1-4-22-14(21)17-11-7-5-10(6-8-11)16-13(20)15-9-12(19)18(2)3/h5-8H,4,9H2,1-3H3,(H,17,21)(H2,15,16,20). The Morgan fingerprint density at radius 3 is 2.09 bits per heavy atom. The van der Waals surface area contributed by atoms with Gasteiger partial charge in [-0.2, -0.15) is 0 Å². The van der Waals surface area contributed by atoms with Crippen molar-refractivity contribution in [3.63, 3.8) is 0 Å². The SMILES string of the molecule is CCOC(=O)Nc1ccc(NC(=O)NCC(=O)N(C)C)cc1. The van der Waals surface area contributed by atoms with Crippen molar-refractivity contribution in [3.05, 3.63) is 24.3 Å². The molecule has 1 aromatic rings. The van der Waals surface area contributed by atoms with Gasteiger partial charge in [-0.1, -0.05) is 0 Å². The van der Waals surface area contributed by atoms with Crippen LogP contribution in [-0.4, -0.2) is 50.2 Å². The number of anilines is 2. The first-order valence-electron chi connectivity index (χ1n) is 6.71. The van der Waals surface area contributed by atoms with Crippen LogP contribution in [0.5, 0.6) is 0 Å². The zero-order valence-corrected chi connectivity index (χ0v) is 12.8. The topological polar surface area (TPSA) is 99.8 Å². The van der Waals surface area contributed by atoms with E-state index in [1.807, 2.05) is 0 Å². The Morgan fingerprint density at radius 1 is 1.05 bits per heavy atom. The molecule has 0 aliphatic carbocycles. The molecule has 1 aromatic carbocycles. The van der Waals surface area contributed by atoms with Crippen LogP contribution in [0.1, 0.15) is 6.92 Å². The van der Waals surface area contributed by atoms with E-state index < -0.39 is 12.1 Å². The molecule has 0 spiro atoms. The van der Waals surface area contributed by atoms with Crippen LogP contribution in [0.4, 0.5) is 21.0 Å². The van der Waals surface area contributed by atoms with Gasteiger partial charge in [0.1, 0.15) is 0 Å². The molecule has 0 aliphatic heterocycles. The van der Waals surface area contributed by atoms with Crippen molar-refractivity contribution in [1.82, 2.24) is 10.2 Å². The van der Waals surface area contributed by atoms with Gasteiger partial charge >= 0.3 is 12.1 Å². The van der Waals surface area contributed by atoms with E-state index in [1.54, 1.807) is 45.3 Å². The van der Waals surface area contributed by atoms with Gasteiger partial charge < -0.3 is 20.3 Å². The largest absolute Gasteiger partial charge is 0.450 e. The van der Waals surface area contributed by atoms with Gasteiger partial charge in [0.15, 0.2) is 0 Å². The maximum Gasteiger partial charge on any atom is 0.411 e. The molecule has 0 unspecified atom stereocenters. The van der Waals surface area contributed by atoms with E-state index in [9.17, 15) is 14.4 Å². The fourth-order valence-electron chi connectivity index (χ4n) is 1.41. The number of ether oxygens (including phenoxy) is 1. The smallest absolute Gasteiger partial charge is 0.411 e. The van der Waals surface area contributed by atoms with Crippen LogP contribution < -0.4 is 16.0 Å². The molecular formula is C14H20N4O4. The number of carbonyl (C=O) groups is 3. The lowest BCUT2D eigenvalue weighted by atomic mass is 10.3. The molecule has 22 heavy (non-hydrogen) atoms. The number of amides is 4. The summed E-state index contributed by atoms with van der Waals surface area (Å²) in [4.78, 5) is 35.6. The van der Waals surface area contributed by atoms with Gasteiger partial charge in [-0.15, -0.1) is 0 Å². The molecule has 0 heterocycles. The highest BCUT2D eigenvalue weighted by molar-refractivity contribution is 5.92. The first kappa shape index (κ1) is 17.3. The maximum absolute atomic E-state index is 11.6. The minimum atomic E-state index is -0.539. The minimum Gasteiger partial charge on any atom is -0.450 e. The summed E-state index contributed by atoms with van der Waals surface area (Å²) in [5.41, 5.74) is 1.08. The molecule has 0 aromatic heterocycles. The third kappa shape index (κ3) is 6.12. The zero-order valence-electron chi connectivity index (χ0n) is 12.8. The van der Waals surface area contributed by atoms with E-state index in [0.717, 1.165) is 0 Å². The summed E-state index contributed by atoms with van der Waals surface area (Å²) in [5.74, 6) is -0.205. The molecule has 3 N–H and O–H groups in total. The number of hydrogen-bond donors (Lipinski definition) is 3. The number of urea groups is 1. The molecule has 0 radical (unpaired) electrons. The van der Waals surface area contributed by atoms with Crippen LogP contribution in [0.15, 0.2) is 24.3 Å². The van der Waals surface area contributed by atoms with E-state index in [1.165, 1.54) is 4.90 Å². The summed E-state index contributed by atoms with van der Waals surface area (Å²) < 4.78 is 4.75. The van der Waals surface area contributed by atoms with E-state index >= 15 is 0 Å². The second-order valence-electron chi connectivity index (χ2n) is 4.52. The predicted octanol–water partition coefficient (Wildman–Crippen LogP) is 1.46. The van der Waals surface area contributed by atoms with Gasteiger partial charge in [-0.25, -0.2) is 9.59 Å². The lowest BCUT2D eigenvalue weighted by molar-refractivity contribution is -0.127. The van der Waals surface area contributed by atoms with Crippen LogP contribution in [0.2, 0.25) is 0 Å². The molecule has 120 valence electrons. The van der Waals surface area contributed by atoms with Crippen molar-refractivity contribution in [2.24, 2.45) is 0 Å². The van der Waals surface area contributed by atoms with Crippen LogP contribution in [-0.2, 0) is 9.53 Å². The number of nitrogens with zero attached hydrogens (tertiary/aromatic N) is 1. The number of benzene rings is 1. The Bertz CT molecular complexity index is 528. The Labute approximate surface area is 128 Å². The number of likely N-dealkylation sites (N-methyl/N-ethyl adjacent to an activating group) is 1. The summed E-state index contributed by atoms with van der Waals surface area (Å²) in [6.45, 7) is 1.92. The minimum absolute atomic E-state index is 0.0820. The van der Waals surface area contributed by atoms with Crippen molar-refractivity contribution in [1.29, 1.82) is 0 Å². The Hall–Kier alpha value is -2.77. The first-order chi connectivity index (χ1) is 10.4. The molecule has 1 rings (SSSR count). The van der Waals surface area contributed by atoms with Crippen molar-refractivity contribution >= 4 is 29.4 Å². The average Bonchev–Trinajstić information content (AvgIpc) is 2.47. The molecule has 8 nitrogen and oxygen atoms in total. The summed E-state index contributed by atoms with van der Waals surface area (Å²) >= 11 is 0. The highest BCUT2D eigenvalue weighted by Gasteiger charge is 2.07. The fourth-order valence-corrected chi connectivity index (χ4v) is 1.41. The van der Waals surface area contributed by atoms with Gasteiger partial charge in [-0.05, 0) is 31.2 Å². The van der Waals surface area contributed by atoms with Crippen LogP contribution >= 0.6 is 0 Å². The van der Waals surface area contributed by atoms with E-state index in [2.05, 4.69) is 16.0 Å². The predicted molar refractivity (Wildman–Crippen MR) is 82.8 cm³/mol. The monoisotopic (exact) mass is 308 g/mol. The second kappa shape index (κ2) is 8.50. The fraction of sp³-hybridized carbons (Fsp3) is 0.357. The third-order valence-corrected chi connectivity index (χ3v) is 2.56. The van der Waals surface area contributed by atoms with Crippen LogP contribution in [0.25, 0.3) is 0 Å². The molecule has 0 bridgehead atoms. The third-order valence-electron chi connectivity index (χ3n) is 2.56. The molecule has 0 saturated heterocycles. The van der Waals surface area contributed by atoms with Gasteiger partial charge in [0.25, 0.3) is 0 Å². The quantitative estimate of drug-likeness (QED) is 0.766. The van der Waals surface area contributed by atoms with E-state index in [4.69, 9.17) is 4.74 Å². The second-order valence-corrected chi connectivity index (χ2v) is 4.52. The van der Waals surface area contributed by atoms with Gasteiger partial charge in [-0.3, -0.25) is 10.1 Å². The summed E-state index contributed by atoms with van der Waals surface area (Å²) in [6, 6.07) is 6.00. The highest BCUT2D eigenvalue weighted by Crippen LogP contribution is 2.13. The molecule has 0 fully saturated rings. The van der Waals surface area contributed by atoms with Gasteiger partial charge in [0.05, 0.1) is 13.2 Å². The van der Waals surface area contributed by atoms with Gasteiger partial charge in [0.2, 0.25) is 5.91 Å². The molecule has 0 aliphatic rings. The molecular weight excluding hydrogens is 288 g/mol. The van der Waals surface area contributed by atoms with Crippen molar-refractivity contribution in [3.8, 4) is 0 Å². The Kier molecular flexibility index (Phi) is 6.68. The first-order valence-corrected chi connectivity index (χ1v) is 6.71. The lowest BCUT2D eigenvalue weighted by Gasteiger charge is -2.12. The Balaban J connectivity index is 2.45. The summed E-state index contributed by atoms with van der Waals surface area (Å²) in [5, 5.41) is 7.56. The summed E-state index contributed by atoms with van der Waals surface area (Å²) in [7, 11) is 3.22. The zero-order chi connectivity index (χ0) is 16.5. The van der Waals surface area contributed by atoms with Crippen molar-refractivity contribution < 1.29 is 19.1 Å². The van der Waals surface area contributed by atoms with Crippen molar-refractivity contribution in [2.45, 2.75) is 6.92 Å². The summed E-state index contributed by atoms with van der Waals surface area (Å²) in [6.07, 6.45) is -0.539. The van der Waals surface area contributed by atoms with Crippen LogP contribution in [0.3, 0.4) is 0 Å². The Morgan fingerprint density at radius 2 is 1.59 bits per heavy atom. The number of rotatable bonds is 5. The molecule has 8 heteroatoms. The van der Waals surface area contributed by atoms with E-state index in [0.29, 0.717) is 11.4 Å². The lowest BCUT2D eigenvalue weighted by Crippen LogP contribution is -2.38.